The number of nitrogens with zero attached hydrogens (tertiary/aromatic N) is 2. The average Bonchev–Trinajstić information content (AvgIpc) is 3.09. The number of hydrogen-bond acceptors (Lipinski definition) is 5. The number of nitrogens with one attached hydrogen (secondary N) is 1. The number of rotatable bonds is 6. The van der Waals surface area contributed by atoms with Crippen LogP contribution in [0.25, 0.3) is 16.6 Å². The molecule has 0 atom stereocenters. The summed E-state index contributed by atoms with van der Waals surface area (Å²) >= 11 is 0. The Hall–Kier alpha value is -1.84. The van der Waals surface area contributed by atoms with Crippen LogP contribution in [-0.2, 0) is 10.0 Å². The lowest BCUT2D eigenvalue weighted by atomic mass is 9.85. The summed E-state index contributed by atoms with van der Waals surface area (Å²) in [4.78, 5) is 7.39. The molecular weight excluding hydrogens is 353 g/mol. The minimum Gasteiger partial charge on any atom is -0.535 e. The summed E-state index contributed by atoms with van der Waals surface area (Å²) in [7, 11) is -4.12. The molecule has 0 bridgehead atoms. The molecule has 3 rings (SSSR count). The van der Waals surface area contributed by atoms with Crippen LogP contribution in [0, 0.1) is 5.92 Å². The standard InChI is InChI=1S/C17H24BN3O4S/c1-4-26(23,24)21-9-6-13(7-10-21)12(2)16-14-5-8-19-17(14)20-11-15(16)25-18(3)22/h5,8,11,13,22H,2,4,6-7,9-10H2,1,3H3,(H,19,20). The SMILES string of the molecule is C=C(c1c(OB(C)O)cnc2[nH]ccc12)C1CCN(S(=O)(=O)CC)CC1. The van der Waals surface area contributed by atoms with Crippen LogP contribution in [-0.4, -0.2) is 53.7 Å². The number of sulfonamides is 1. The second kappa shape index (κ2) is 7.42. The highest BCUT2D eigenvalue weighted by molar-refractivity contribution is 7.89. The minimum absolute atomic E-state index is 0.124. The maximum Gasteiger partial charge on any atom is 0.519 e. The fourth-order valence-electron chi connectivity index (χ4n) is 3.46. The second-order valence-corrected chi connectivity index (χ2v) is 8.81. The van der Waals surface area contributed by atoms with E-state index in [1.807, 2.05) is 6.07 Å². The number of piperidine rings is 1. The summed E-state index contributed by atoms with van der Waals surface area (Å²) in [5.74, 6) is 0.759. The fraction of sp³-hybridized carbons (Fsp3) is 0.471. The van der Waals surface area contributed by atoms with Gasteiger partial charge in [-0.3, -0.25) is 0 Å². The van der Waals surface area contributed by atoms with E-state index >= 15 is 0 Å². The van der Waals surface area contributed by atoms with E-state index < -0.39 is 17.1 Å². The number of fused-ring (bicyclic) bond motifs is 1. The first-order chi connectivity index (χ1) is 12.3. The van der Waals surface area contributed by atoms with Gasteiger partial charge in [0.1, 0.15) is 11.4 Å². The van der Waals surface area contributed by atoms with Gasteiger partial charge in [0, 0.05) is 30.2 Å². The van der Waals surface area contributed by atoms with E-state index in [4.69, 9.17) is 4.65 Å². The largest absolute Gasteiger partial charge is 0.535 e. The van der Waals surface area contributed by atoms with Crippen molar-refractivity contribution in [1.82, 2.24) is 14.3 Å². The van der Waals surface area contributed by atoms with Crippen LogP contribution < -0.4 is 4.65 Å². The zero-order valence-electron chi connectivity index (χ0n) is 15.1. The van der Waals surface area contributed by atoms with Crippen LogP contribution in [0.1, 0.15) is 25.3 Å². The van der Waals surface area contributed by atoms with Crippen molar-refractivity contribution in [3.8, 4) is 5.75 Å². The van der Waals surface area contributed by atoms with Crippen molar-refractivity contribution in [1.29, 1.82) is 0 Å². The van der Waals surface area contributed by atoms with E-state index in [1.165, 1.54) is 0 Å². The van der Waals surface area contributed by atoms with Crippen LogP contribution in [0.2, 0.25) is 6.82 Å². The molecule has 0 aromatic carbocycles. The molecule has 0 aliphatic carbocycles. The summed E-state index contributed by atoms with van der Waals surface area (Å²) in [5.41, 5.74) is 2.44. The molecule has 140 valence electrons. The highest BCUT2D eigenvalue weighted by Crippen LogP contribution is 2.39. The molecule has 0 unspecified atom stereocenters. The van der Waals surface area contributed by atoms with E-state index in [9.17, 15) is 13.4 Å². The quantitative estimate of drug-likeness (QED) is 0.752. The lowest BCUT2D eigenvalue weighted by molar-refractivity contribution is 0.311. The van der Waals surface area contributed by atoms with Gasteiger partial charge in [-0.25, -0.2) is 17.7 Å². The predicted octanol–water partition coefficient (Wildman–Crippen LogP) is 2.13. The smallest absolute Gasteiger partial charge is 0.519 e. The summed E-state index contributed by atoms with van der Waals surface area (Å²) in [6, 6.07) is 1.91. The van der Waals surface area contributed by atoms with Gasteiger partial charge >= 0.3 is 7.12 Å². The van der Waals surface area contributed by atoms with Gasteiger partial charge in [0.05, 0.1) is 11.9 Å². The molecule has 7 nitrogen and oxygen atoms in total. The van der Waals surface area contributed by atoms with Gasteiger partial charge in [0.15, 0.2) is 0 Å². The Morgan fingerprint density at radius 1 is 1.50 bits per heavy atom. The molecule has 9 heteroatoms. The maximum absolute atomic E-state index is 12.1. The molecular formula is C17H24BN3O4S. The van der Waals surface area contributed by atoms with E-state index in [2.05, 4.69) is 16.5 Å². The second-order valence-electron chi connectivity index (χ2n) is 6.55. The predicted molar refractivity (Wildman–Crippen MR) is 103 cm³/mol. The highest BCUT2D eigenvalue weighted by atomic mass is 32.2. The van der Waals surface area contributed by atoms with Crippen molar-refractivity contribution in [3.05, 3.63) is 30.6 Å². The first-order valence-electron chi connectivity index (χ1n) is 8.81. The molecule has 1 aliphatic rings. The van der Waals surface area contributed by atoms with Crippen molar-refractivity contribution in [2.45, 2.75) is 26.6 Å². The molecule has 0 spiro atoms. The molecule has 1 fully saturated rings. The van der Waals surface area contributed by atoms with Crippen LogP contribution in [0.3, 0.4) is 0 Å². The lowest BCUT2D eigenvalue weighted by Crippen LogP contribution is -2.39. The number of aromatic nitrogens is 2. The Morgan fingerprint density at radius 2 is 2.19 bits per heavy atom. The Labute approximate surface area is 154 Å². The number of aromatic amines is 1. The summed E-state index contributed by atoms with van der Waals surface area (Å²) in [6.45, 7) is 8.48. The molecule has 26 heavy (non-hydrogen) atoms. The molecule has 1 aliphatic heterocycles. The van der Waals surface area contributed by atoms with Crippen molar-refractivity contribution >= 4 is 33.7 Å². The van der Waals surface area contributed by atoms with Crippen LogP contribution in [0.4, 0.5) is 0 Å². The van der Waals surface area contributed by atoms with Crippen molar-refractivity contribution < 1.29 is 18.1 Å². The molecule has 2 aromatic rings. The maximum atomic E-state index is 12.1. The Balaban J connectivity index is 1.87. The molecule has 2 aromatic heterocycles. The van der Waals surface area contributed by atoms with E-state index in [0.29, 0.717) is 31.7 Å². The van der Waals surface area contributed by atoms with Crippen molar-refractivity contribution in [2.75, 3.05) is 18.8 Å². The zero-order valence-corrected chi connectivity index (χ0v) is 15.9. The summed E-state index contributed by atoms with van der Waals surface area (Å²) < 4.78 is 31.2. The van der Waals surface area contributed by atoms with Gasteiger partial charge in [0.25, 0.3) is 0 Å². The fourth-order valence-corrected chi connectivity index (χ4v) is 4.60. The topological polar surface area (TPSA) is 95.5 Å². The number of allylic oxidation sites excluding steroid dienone is 1. The average molecular weight is 377 g/mol. The molecule has 0 radical (unpaired) electrons. The highest BCUT2D eigenvalue weighted by Gasteiger charge is 2.30. The molecule has 2 N–H and O–H groups in total. The number of hydrogen-bond donors (Lipinski definition) is 2. The van der Waals surface area contributed by atoms with Gasteiger partial charge < -0.3 is 14.7 Å². The first-order valence-corrected chi connectivity index (χ1v) is 10.4. The Bertz CT molecular complexity index is 902. The van der Waals surface area contributed by atoms with Crippen LogP contribution >= 0.6 is 0 Å². The van der Waals surface area contributed by atoms with Crippen LogP contribution in [0.5, 0.6) is 5.75 Å². The summed E-state index contributed by atoms with van der Waals surface area (Å²) in [5, 5.41) is 10.5. The van der Waals surface area contributed by atoms with E-state index in [-0.39, 0.29) is 11.7 Å². The third-order valence-corrected chi connectivity index (χ3v) is 6.76. The van der Waals surface area contributed by atoms with Gasteiger partial charge in [-0.15, -0.1) is 0 Å². The number of H-pyrrole nitrogens is 1. The Kier molecular flexibility index (Phi) is 5.41. The Morgan fingerprint density at radius 3 is 2.81 bits per heavy atom. The molecule has 0 saturated carbocycles. The van der Waals surface area contributed by atoms with Crippen LogP contribution in [0.15, 0.2) is 25.0 Å². The first kappa shape index (κ1) is 18.9. The molecule has 0 amide bonds. The van der Waals surface area contributed by atoms with Gasteiger partial charge in [-0.05, 0) is 44.1 Å². The van der Waals surface area contributed by atoms with Crippen molar-refractivity contribution in [3.63, 3.8) is 0 Å². The zero-order chi connectivity index (χ0) is 18.9. The normalized spacial score (nSPS) is 16.7. The van der Waals surface area contributed by atoms with Gasteiger partial charge in [-0.1, -0.05) is 6.58 Å². The molecule has 3 heterocycles. The number of pyridine rings is 1. The van der Waals surface area contributed by atoms with E-state index in [0.717, 1.165) is 22.2 Å². The van der Waals surface area contributed by atoms with Gasteiger partial charge in [0.2, 0.25) is 10.0 Å². The lowest BCUT2D eigenvalue weighted by Gasteiger charge is -2.32. The van der Waals surface area contributed by atoms with Crippen molar-refractivity contribution in [2.24, 2.45) is 5.92 Å². The minimum atomic E-state index is -3.15. The molecule has 1 saturated heterocycles. The monoisotopic (exact) mass is 377 g/mol. The third-order valence-electron chi connectivity index (χ3n) is 4.88. The van der Waals surface area contributed by atoms with E-state index in [1.54, 1.807) is 30.4 Å². The summed E-state index contributed by atoms with van der Waals surface area (Å²) in [6.07, 6.45) is 4.81. The third kappa shape index (κ3) is 3.65. The van der Waals surface area contributed by atoms with Gasteiger partial charge in [-0.2, -0.15) is 0 Å².